The van der Waals surface area contributed by atoms with E-state index in [1.165, 1.54) is 19.3 Å². The molecule has 4 nitrogen and oxygen atoms in total. The summed E-state index contributed by atoms with van der Waals surface area (Å²) in [5.41, 5.74) is 0. The molecule has 0 amide bonds. The van der Waals surface area contributed by atoms with Gasteiger partial charge < -0.3 is 4.74 Å². The zero-order valence-corrected chi connectivity index (χ0v) is 9.81. The molecule has 0 atom stereocenters. The van der Waals surface area contributed by atoms with Crippen LogP contribution < -0.4 is 0 Å². The molecule has 0 aromatic rings. The summed E-state index contributed by atoms with van der Waals surface area (Å²) in [6.07, 6.45) is 5.67. The van der Waals surface area contributed by atoms with Crippen molar-refractivity contribution in [1.29, 1.82) is 0 Å². The molecule has 0 aliphatic carbocycles. The maximum Gasteiger partial charge on any atom is 0.264 e. The Kier molecular flexibility index (Phi) is 8.12. The molecule has 5 heteroatoms. The second-order valence-electron chi connectivity index (χ2n) is 3.20. The molecule has 0 aromatic carbocycles. The van der Waals surface area contributed by atoms with Gasteiger partial charge >= 0.3 is 0 Å². The van der Waals surface area contributed by atoms with E-state index in [-0.39, 0.29) is 6.61 Å². The van der Waals surface area contributed by atoms with E-state index in [9.17, 15) is 8.42 Å². The Labute approximate surface area is 86.7 Å². The summed E-state index contributed by atoms with van der Waals surface area (Å²) in [6, 6.07) is 0. The Bertz CT molecular complexity index is 211. The van der Waals surface area contributed by atoms with Crippen LogP contribution in [0.5, 0.6) is 0 Å². The molecule has 0 N–H and O–H groups in total. The topological polar surface area (TPSA) is 52.6 Å². The van der Waals surface area contributed by atoms with Gasteiger partial charge in [-0.25, -0.2) is 0 Å². The zero-order chi connectivity index (χ0) is 10.9. The zero-order valence-electron chi connectivity index (χ0n) is 8.99. The van der Waals surface area contributed by atoms with Crippen molar-refractivity contribution >= 4 is 10.1 Å². The number of ether oxygens (including phenoxy) is 1. The van der Waals surface area contributed by atoms with Crippen LogP contribution >= 0.6 is 0 Å². The van der Waals surface area contributed by atoms with E-state index in [1.54, 1.807) is 0 Å². The average Bonchev–Trinajstić information content (AvgIpc) is 2.08. The van der Waals surface area contributed by atoms with Gasteiger partial charge in [-0.2, -0.15) is 8.42 Å². The van der Waals surface area contributed by atoms with E-state index in [1.807, 2.05) is 0 Å². The maximum absolute atomic E-state index is 10.5. The molecule has 0 aliphatic rings. The first-order chi connectivity index (χ1) is 6.56. The molecule has 14 heavy (non-hydrogen) atoms. The van der Waals surface area contributed by atoms with Crippen LogP contribution in [0.3, 0.4) is 0 Å². The molecule has 0 saturated heterocycles. The van der Waals surface area contributed by atoms with Gasteiger partial charge in [0.1, 0.15) is 0 Å². The highest BCUT2D eigenvalue weighted by Crippen LogP contribution is 1.98. The molecule has 0 bridgehead atoms. The van der Waals surface area contributed by atoms with E-state index < -0.39 is 10.1 Å². The molecule has 0 radical (unpaired) electrons. The van der Waals surface area contributed by atoms with Crippen molar-refractivity contribution in [2.75, 3.05) is 26.1 Å². The van der Waals surface area contributed by atoms with Crippen LogP contribution in [0.4, 0.5) is 0 Å². The minimum atomic E-state index is -3.31. The summed E-state index contributed by atoms with van der Waals surface area (Å²) < 4.78 is 30.7. The standard InChI is InChI=1S/C9H20O4S/c1-3-4-5-6-7-12-8-9-13-14(2,10)11/h3-9H2,1-2H3. The summed E-state index contributed by atoms with van der Waals surface area (Å²) in [5.74, 6) is 0. The second-order valence-corrected chi connectivity index (χ2v) is 4.84. The van der Waals surface area contributed by atoms with Gasteiger partial charge in [0.25, 0.3) is 10.1 Å². The van der Waals surface area contributed by atoms with E-state index in [4.69, 9.17) is 4.74 Å². The summed E-state index contributed by atoms with van der Waals surface area (Å²) in [7, 11) is -3.31. The molecule has 0 aliphatic heterocycles. The number of unbranched alkanes of at least 4 members (excludes halogenated alkanes) is 3. The van der Waals surface area contributed by atoms with Crippen molar-refractivity contribution in [3.63, 3.8) is 0 Å². The summed E-state index contributed by atoms with van der Waals surface area (Å²) in [4.78, 5) is 0. The third kappa shape index (κ3) is 11.9. The predicted molar refractivity (Wildman–Crippen MR) is 55.8 cm³/mol. The van der Waals surface area contributed by atoms with Crippen LogP contribution in [-0.2, 0) is 19.0 Å². The molecule has 0 rings (SSSR count). The van der Waals surface area contributed by atoms with Crippen molar-refractivity contribution < 1.29 is 17.3 Å². The largest absolute Gasteiger partial charge is 0.379 e. The van der Waals surface area contributed by atoms with Crippen molar-refractivity contribution in [2.45, 2.75) is 32.6 Å². The van der Waals surface area contributed by atoms with Crippen LogP contribution in [0.1, 0.15) is 32.6 Å². The fourth-order valence-corrected chi connectivity index (χ4v) is 1.35. The molecule has 0 spiro atoms. The molecule has 0 unspecified atom stereocenters. The van der Waals surface area contributed by atoms with Crippen LogP contribution in [0.25, 0.3) is 0 Å². The molecular formula is C9H20O4S. The average molecular weight is 224 g/mol. The number of hydrogen-bond donors (Lipinski definition) is 0. The highest BCUT2D eigenvalue weighted by molar-refractivity contribution is 7.85. The van der Waals surface area contributed by atoms with E-state index >= 15 is 0 Å². The van der Waals surface area contributed by atoms with Gasteiger partial charge in [0.2, 0.25) is 0 Å². The lowest BCUT2D eigenvalue weighted by Crippen LogP contribution is -2.09. The van der Waals surface area contributed by atoms with Gasteiger partial charge in [0, 0.05) is 6.61 Å². The quantitative estimate of drug-likeness (QED) is 0.440. The normalized spacial score (nSPS) is 11.9. The van der Waals surface area contributed by atoms with E-state index in [0.717, 1.165) is 12.7 Å². The van der Waals surface area contributed by atoms with Gasteiger partial charge in [-0.05, 0) is 6.42 Å². The molecule has 0 saturated carbocycles. The SMILES string of the molecule is CCCCCCOCCOS(C)(=O)=O. The Hall–Kier alpha value is -0.130. The lowest BCUT2D eigenvalue weighted by atomic mass is 10.2. The third-order valence-corrected chi connectivity index (χ3v) is 2.26. The van der Waals surface area contributed by atoms with Gasteiger partial charge in [0.15, 0.2) is 0 Å². The molecular weight excluding hydrogens is 204 g/mol. The van der Waals surface area contributed by atoms with Crippen LogP contribution in [-0.4, -0.2) is 34.5 Å². The maximum atomic E-state index is 10.5. The fraction of sp³-hybridized carbons (Fsp3) is 1.00. The van der Waals surface area contributed by atoms with Gasteiger partial charge in [-0.3, -0.25) is 4.18 Å². The fourth-order valence-electron chi connectivity index (χ4n) is 0.977. The summed E-state index contributed by atoms with van der Waals surface area (Å²) in [5, 5.41) is 0. The highest BCUT2D eigenvalue weighted by atomic mass is 32.2. The first-order valence-electron chi connectivity index (χ1n) is 4.98. The lowest BCUT2D eigenvalue weighted by Gasteiger charge is -2.03. The third-order valence-electron chi connectivity index (χ3n) is 1.67. The Morgan fingerprint density at radius 3 is 2.29 bits per heavy atom. The van der Waals surface area contributed by atoms with Crippen molar-refractivity contribution in [2.24, 2.45) is 0 Å². The van der Waals surface area contributed by atoms with Crippen LogP contribution in [0.2, 0.25) is 0 Å². The predicted octanol–water partition coefficient (Wildman–Crippen LogP) is 1.56. The smallest absolute Gasteiger partial charge is 0.264 e. The number of rotatable bonds is 9. The lowest BCUT2D eigenvalue weighted by molar-refractivity contribution is 0.0994. The molecule has 0 heterocycles. The van der Waals surface area contributed by atoms with Crippen molar-refractivity contribution in [1.82, 2.24) is 0 Å². The van der Waals surface area contributed by atoms with Gasteiger partial charge in [-0.1, -0.05) is 26.2 Å². The summed E-state index contributed by atoms with van der Waals surface area (Å²) in [6.45, 7) is 3.31. The first-order valence-corrected chi connectivity index (χ1v) is 6.80. The molecule has 0 aromatic heterocycles. The minimum absolute atomic E-state index is 0.118. The first kappa shape index (κ1) is 13.9. The highest BCUT2D eigenvalue weighted by Gasteiger charge is 1.99. The van der Waals surface area contributed by atoms with Gasteiger partial charge in [-0.15, -0.1) is 0 Å². The van der Waals surface area contributed by atoms with E-state index in [2.05, 4.69) is 11.1 Å². The molecule has 86 valence electrons. The van der Waals surface area contributed by atoms with Crippen molar-refractivity contribution in [3.05, 3.63) is 0 Å². The second kappa shape index (κ2) is 8.20. The van der Waals surface area contributed by atoms with Gasteiger partial charge in [0.05, 0.1) is 19.5 Å². The van der Waals surface area contributed by atoms with Crippen LogP contribution in [0.15, 0.2) is 0 Å². The Balaban J connectivity index is 3.07. The monoisotopic (exact) mass is 224 g/mol. The molecule has 0 fully saturated rings. The Morgan fingerprint density at radius 2 is 1.71 bits per heavy atom. The Morgan fingerprint density at radius 1 is 1.00 bits per heavy atom. The summed E-state index contributed by atoms with van der Waals surface area (Å²) >= 11 is 0. The van der Waals surface area contributed by atoms with Crippen LogP contribution in [0, 0.1) is 0 Å². The van der Waals surface area contributed by atoms with E-state index in [0.29, 0.717) is 13.2 Å². The number of hydrogen-bond acceptors (Lipinski definition) is 4. The minimum Gasteiger partial charge on any atom is -0.379 e. The van der Waals surface area contributed by atoms with Crippen molar-refractivity contribution in [3.8, 4) is 0 Å².